The lowest BCUT2D eigenvalue weighted by Crippen LogP contribution is -2.10. The van der Waals surface area contributed by atoms with Crippen molar-refractivity contribution in [3.8, 4) is 0 Å². The van der Waals surface area contributed by atoms with E-state index in [9.17, 15) is 13.2 Å². The van der Waals surface area contributed by atoms with Crippen LogP contribution in [0.5, 0.6) is 0 Å². The molecule has 18 heavy (non-hydrogen) atoms. The number of esters is 1. The van der Waals surface area contributed by atoms with E-state index in [4.69, 9.17) is 20.2 Å². The van der Waals surface area contributed by atoms with Crippen LogP contribution in [-0.2, 0) is 18.5 Å². The predicted molar refractivity (Wildman–Crippen MR) is 66.4 cm³/mol. The predicted octanol–water partition coefficient (Wildman–Crippen LogP) is 1.73. The summed E-state index contributed by atoms with van der Waals surface area (Å²) in [7, 11) is 2.88. The molecule has 1 rings (SSSR count). The maximum atomic E-state index is 11.6. The van der Waals surface area contributed by atoms with E-state index in [1.54, 1.807) is 6.92 Å². The highest BCUT2D eigenvalue weighted by Crippen LogP contribution is 2.21. The van der Waals surface area contributed by atoms with Gasteiger partial charge in [0.1, 0.15) is 6.61 Å². The summed E-state index contributed by atoms with van der Waals surface area (Å²) >= 11 is 0. The third kappa shape index (κ3) is 3.97. The molecule has 7 heteroatoms. The minimum absolute atomic E-state index is 0.0923. The number of hydrogen-bond donors (Lipinski definition) is 0. The Morgan fingerprint density at radius 1 is 1.33 bits per heavy atom. The van der Waals surface area contributed by atoms with Crippen molar-refractivity contribution in [1.29, 1.82) is 0 Å². The topological polar surface area (TPSA) is 69.7 Å². The molecule has 0 N–H and O–H groups in total. The Morgan fingerprint density at radius 3 is 2.56 bits per heavy atom. The second kappa shape index (κ2) is 6.17. The van der Waals surface area contributed by atoms with E-state index in [0.29, 0.717) is 5.56 Å². The molecule has 0 saturated carbocycles. The molecule has 1 aromatic carbocycles. The van der Waals surface area contributed by atoms with Crippen molar-refractivity contribution in [2.24, 2.45) is 0 Å². The van der Waals surface area contributed by atoms with Gasteiger partial charge in [-0.25, -0.2) is 13.2 Å². The van der Waals surface area contributed by atoms with Crippen LogP contribution >= 0.6 is 10.7 Å². The van der Waals surface area contributed by atoms with Crippen molar-refractivity contribution in [3.63, 3.8) is 0 Å². The van der Waals surface area contributed by atoms with Crippen molar-refractivity contribution in [2.45, 2.75) is 11.8 Å². The summed E-state index contributed by atoms with van der Waals surface area (Å²) in [6.45, 7) is 1.97. The molecule has 0 aromatic heterocycles. The fourth-order valence-electron chi connectivity index (χ4n) is 1.29. The Morgan fingerprint density at radius 2 is 2.00 bits per heavy atom. The number of methoxy groups -OCH3 is 1. The Labute approximate surface area is 110 Å². The molecule has 0 aliphatic carbocycles. The lowest BCUT2D eigenvalue weighted by atomic mass is 10.1. The third-order valence-corrected chi connectivity index (χ3v) is 3.67. The number of aryl methyl sites for hydroxylation is 1. The van der Waals surface area contributed by atoms with E-state index in [1.807, 2.05) is 0 Å². The van der Waals surface area contributed by atoms with Crippen molar-refractivity contribution < 1.29 is 22.7 Å². The third-order valence-electron chi connectivity index (χ3n) is 2.21. The van der Waals surface area contributed by atoms with E-state index in [0.717, 1.165) is 0 Å². The number of ether oxygens (including phenoxy) is 2. The van der Waals surface area contributed by atoms with Crippen LogP contribution in [0.25, 0.3) is 0 Å². The summed E-state index contributed by atoms with van der Waals surface area (Å²) < 4.78 is 32.2. The average Bonchev–Trinajstić information content (AvgIpc) is 2.28. The fraction of sp³-hybridized carbons (Fsp3) is 0.364. The maximum Gasteiger partial charge on any atom is 0.338 e. The van der Waals surface area contributed by atoms with Gasteiger partial charge in [0, 0.05) is 17.8 Å². The lowest BCUT2D eigenvalue weighted by Gasteiger charge is -2.06. The molecule has 0 radical (unpaired) electrons. The Bertz CT molecular complexity index is 538. The molecule has 0 aliphatic heterocycles. The second-order valence-electron chi connectivity index (χ2n) is 3.55. The molecule has 0 aliphatic rings. The van der Waals surface area contributed by atoms with Gasteiger partial charge >= 0.3 is 5.97 Å². The molecule has 100 valence electrons. The van der Waals surface area contributed by atoms with Crippen LogP contribution in [0.3, 0.4) is 0 Å². The zero-order valence-electron chi connectivity index (χ0n) is 9.97. The summed E-state index contributed by atoms with van der Waals surface area (Å²) in [6.07, 6.45) is 0. The molecule has 0 spiro atoms. The number of carbonyl (C=O) groups excluding carboxylic acids is 1. The van der Waals surface area contributed by atoms with Crippen LogP contribution in [0.15, 0.2) is 23.1 Å². The molecule has 0 amide bonds. The molecule has 0 saturated heterocycles. The molecular formula is C11H13ClO5S. The van der Waals surface area contributed by atoms with Gasteiger partial charge in [-0.05, 0) is 24.6 Å². The van der Waals surface area contributed by atoms with E-state index >= 15 is 0 Å². The highest BCUT2D eigenvalue weighted by Gasteiger charge is 2.17. The highest BCUT2D eigenvalue weighted by molar-refractivity contribution is 8.13. The van der Waals surface area contributed by atoms with Crippen LogP contribution in [0.2, 0.25) is 0 Å². The van der Waals surface area contributed by atoms with Crippen molar-refractivity contribution in [3.05, 3.63) is 29.3 Å². The Balaban J connectivity index is 2.95. The monoisotopic (exact) mass is 292 g/mol. The SMILES string of the molecule is COCCOC(=O)c1ccc(C)c(S(=O)(=O)Cl)c1. The molecule has 0 fully saturated rings. The quantitative estimate of drug-likeness (QED) is 0.469. The molecule has 5 nitrogen and oxygen atoms in total. The lowest BCUT2D eigenvalue weighted by molar-refractivity contribution is 0.0388. The molecule has 0 unspecified atom stereocenters. The smallest absolute Gasteiger partial charge is 0.338 e. The number of hydrogen-bond acceptors (Lipinski definition) is 5. The molecule has 0 bridgehead atoms. The summed E-state index contributed by atoms with van der Waals surface area (Å²) in [5.74, 6) is -0.617. The summed E-state index contributed by atoms with van der Waals surface area (Å²) in [5.41, 5.74) is 0.606. The van der Waals surface area contributed by atoms with Gasteiger partial charge in [-0.2, -0.15) is 0 Å². The summed E-state index contributed by atoms with van der Waals surface area (Å²) in [6, 6.07) is 4.19. The number of carbonyl (C=O) groups is 1. The van der Waals surface area contributed by atoms with Gasteiger partial charge in [-0.3, -0.25) is 0 Å². The molecule has 1 aromatic rings. The number of rotatable bonds is 5. The van der Waals surface area contributed by atoms with Gasteiger partial charge in [0.2, 0.25) is 0 Å². The summed E-state index contributed by atoms with van der Waals surface area (Å²) in [4.78, 5) is 11.5. The van der Waals surface area contributed by atoms with Gasteiger partial charge in [-0.15, -0.1) is 0 Å². The largest absolute Gasteiger partial charge is 0.460 e. The van der Waals surface area contributed by atoms with Crippen molar-refractivity contribution in [2.75, 3.05) is 20.3 Å². The first-order valence-electron chi connectivity index (χ1n) is 5.07. The zero-order chi connectivity index (χ0) is 13.8. The minimum Gasteiger partial charge on any atom is -0.460 e. The van der Waals surface area contributed by atoms with Gasteiger partial charge in [0.05, 0.1) is 17.1 Å². The van der Waals surface area contributed by atoms with Gasteiger partial charge < -0.3 is 9.47 Å². The Kier molecular flexibility index (Phi) is 5.13. The first kappa shape index (κ1) is 14.9. The van der Waals surface area contributed by atoms with Crippen LogP contribution in [0.1, 0.15) is 15.9 Å². The Hall–Kier alpha value is -1.11. The summed E-state index contributed by atoms with van der Waals surface area (Å²) in [5, 5.41) is 0. The van der Waals surface area contributed by atoms with Gasteiger partial charge in [0.15, 0.2) is 0 Å². The molecule has 0 heterocycles. The number of benzene rings is 1. The molecule has 0 atom stereocenters. The fourth-order valence-corrected chi connectivity index (χ4v) is 2.51. The van der Waals surface area contributed by atoms with E-state index in [1.165, 1.54) is 25.3 Å². The van der Waals surface area contributed by atoms with Crippen LogP contribution in [0.4, 0.5) is 0 Å². The van der Waals surface area contributed by atoms with E-state index < -0.39 is 15.0 Å². The maximum absolute atomic E-state index is 11.6. The van der Waals surface area contributed by atoms with Gasteiger partial charge in [0.25, 0.3) is 9.05 Å². The first-order chi connectivity index (χ1) is 8.36. The number of halogens is 1. The molecular weight excluding hydrogens is 280 g/mol. The van der Waals surface area contributed by atoms with Crippen molar-refractivity contribution in [1.82, 2.24) is 0 Å². The second-order valence-corrected chi connectivity index (χ2v) is 6.08. The first-order valence-corrected chi connectivity index (χ1v) is 7.38. The van der Waals surface area contributed by atoms with Crippen LogP contribution < -0.4 is 0 Å². The highest BCUT2D eigenvalue weighted by atomic mass is 35.7. The van der Waals surface area contributed by atoms with Crippen molar-refractivity contribution >= 4 is 25.7 Å². The van der Waals surface area contributed by atoms with E-state index in [2.05, 4.69) is 0 Å². The zero-order valence-corrected chi connectivity index (χ0v) is 11.5. The van der Waals surface area contributed by atoms with E-state index in [-0.39, 0.29) is 23.7 Å². The van der Waals surface area contributed by atoms with Crippen LogP contribution in [0, 0.1) is 6.92 Å². The standard InChI is InChI=1S/C11H13ClO5S/c1-8-3-4-9(7-10(8)18(12,14)15)11(13)17-6-5-16-2/h3-4,7H,5-6H2,1-2H3. The van der Waals surface area contributed by atoms with Gasteiger partial charge in [-0.1, -0.05) is 6.07 Å². The average molecular weight is 293 g/mol. The van der Waals surface area contributed by atoms with Crippen LogP contribution in [-0.4, -0.2) is 34.7 Å². The minimum atomic E-state index is -3.87. The normalized spacial score (nSPS) is 11.3.